The highest BCUT2D eigenvalue weighted by molar-refractivity contribution is 5.89. The van der Waals surface area contributed by atoms with Crippen molar-refractivity contribution >= 4 is 11.8 Å². The van der Waals surface area contributed by atoms with Gasteiger partial charge in [0.05, 0.1) is 11.8 Å². The van der Waals surface area contributed by atoms with Crippen LogP contribution in [0.5, 0.6) is 5.75 Å². The van der Waals surface area contributed by atoms with Gasteiger partial charge in [0.1, 0.15) is 18.2 Å². The minimum atomic E-state index is -0.428. The van der Waals surface area contributed by atoms with E-state index in [1.165, 1.54) is 0 Å². The smallest absolute Gasteiger partial charge is 0.245 e. The molecule has 2 fully saturated rings. The molecule has 1 aromatic rings. The fourth-order valence-electron chi connectivity index (χ4n) is 3.59. The van der Waals surface area contributed by atoms with Crippen LogP contribution in [0.15, 0.2) is 18.3 Å². The van der Waals surface area contributed by atoms with Crippen molar-refractivity contribution in [2.45, 2.75) is 31.8 Å². The third kappa shape index (κ3) is 3.94. The fourth-order valence-corrected chi connectivity index (χ4v) is 3.59. The van der Waals surface area contributed by atoms with Gasteiger partial charge in [0, 0.05) is 45.5 Å². The minimum Gasteiger partial charge on any atom is -0.506 e. The summed E-state index contributed by atoms with van der Waals surface area (Å²) >= 11 is 0. The molecule has 0 aliphatic carbocycles. The maximum atomic E-state index is 12.8. The molecule has 0 saturated carbocycles. The van der Waals surface area contributed by atoms with Gasteiger partial charge in [-0.15, -0.1) is 0 Å². The summed E-state index contributed by atoms with van der Waals surface area (Å²) in [6, 6.07) is 4.75. The first-order valence-electron chi connectivity index (χ1n) is 8.90. The van der Waals surface area contributed by atoms with Gasteiger partial charge in [-0.05, 0) is 25.0 Å². The number of nitrogens with zero attached hydrogens (tertiary/aromatic N) is 5. The molecule has 2 amide bonds. The van der Waals surface area contributed by atoms with Gasteiger partial charge in [-0.1, -0.05) is 0 Å². The lowest BCUT2D eigenvalue weighted by Crippen LogP contribution is -2.54. The maximum absolute atomic E-state index is 12.8. The van der Waals surface area contributed by atoms with Gasteiger partial charge in [-0.25, -0.2) is 0 Å². The van der Waals surface area contributed by atoms with E-state index in [0.29, 0.717) is 51.4 Å². The van der Waals surface area contributed by atoms with Gasteiger partial charge >= 0.3 is 0 Å². The molecule has 26 heavy (non-hydrogen) atoms. The Morgan fingerprint density at radius 2 is 2.04 bits per heavy atom. The Morgan fingerprint density at radius 3 is 2.73 bits per heavy atom. The average Bonchev–Trinajstić information content (AvgIpc) is 3.14. The first-order chi connectivity index (χ1) is 12.6. The van der Waals surface area contributed by atoms with E-state index in [2.05, 4.69) is 9.88 Å². The number of likely N-dealkylation sites (tertiary alicyclic amines) is 1. The number of rotatable bonds is 4. The number of amides is 2. The van der Waals surface area contributed by atoms with E-state index in [1.807, 2.05) is 6.07 Å². The van der Waals surface area contributed by atoms with Crippen molar-refractivity contribution in [1.82, 2.24) is 19.7 Å². The Labute approximate surface area is 152 Å². The predicted molar refractivity (Wildman–Crippen MR) is 92.7 cm³/mol. The second-order valence-corrected chi connectivity index (χ2v) is 6.65. The summed E-state index contributed by atoms with van der Waals surface area (Å²) in [5.74, 6) is -0.0923. The van der Waals surface area contributed by atoms with E-state index < -0.39 is 6.04 Å². The average molecular weight is 357 g/mol. The lowest BCUT2D eigenvalue weighted by atomic mass is 10.1. The van der Waals surface area contributed by atoms with E-state index in [-0.39, 0.29) is 24.0 Å². The van der Waals surface area contributed by atoms with Crippen LogP contribution < -0.4 is 0 Å². The Bertz CT molecular complexity index is 709. The van der Waals surface area contributed by atoms with Gasteiger partial charge in [0.25, 0.3) is 0 Å². The zero-order valence-electron chi connectivity index (χ0n) is 14.7. The quantitative estimate of drug-likeness (QED) is 0.834. The van der Waals surface area contributed by atoms with Crippen LogP contribution in [0, 0.1) is 11.3 Å². The lowest BCUT2D eigenvalue weighted by molar-refractivity contribution is -0.144. The van der Waals surface area contributed by atoms with Crippen LogP contribution in [0.3, 0.4) is 0 Å². The monoisotopic (exact) mass is 357 g/mol. The largest absolute Gasteiger partial charge is 0.506 e. The van der Waals surface area contributed by atoms with Crippen LogP contribution in [-0.2, 0) is 16.1 Å². The molecule has 0 radical (unpaired) electrons. The maximum Gasteiger partial charge on any atom is 0.245 e. The third-order valence-electron chi connectivity index (χ3n) is 5.01. The summed E-state index contributed by atoms with van der Waals surface area (Å²) in [6.45, 7) is 3.66. The second-order valence-electron chi connectivity index (χ2n) is 6.65. The molecule has 2 aliphatic rings. The molecule has 2 aliphatic heterocycles. The van der Waals surface area contributed by atoms with E-state index in [9.17, 15) is 14.7 Å². The van der Waals surface area contributed by atoms with Crippen molar-refractivity contribution < 1.29 is 14.7 Å². The lowest BCUT2D eigenvalue weighted by Gasteiger charge is -2.37. The summed E-state index contributed by atoms with van der Waals surface area (Å²) in [5, 5.41) is 18.6. The highest BCUT2D eigenvalue weighted by Crippen LogP contribution is 2.22. The number of piperazine rings is 1. The molecule has 0 spiro atoms. The molecular formula is C18H23N5O3. The van der Waals surface area contributed by atoms with Crippen LogP contribution >= 0.6 is 0 Å². The van der Waals surface area contributed by atoms with Crippen molar-refractivity contribution in [3.8, 4) is 11.8 Å². The Balaban J connectivity index is 1.54. The first-order valence-corrected chi connectivity index (χ1v) is 8.90. The highest BCUT2D eigenvalue weighted by Gasteiger charge is 2.37. The number of aromatic nitrogens is 1. The van der Waals surface area contributed by atoms with E-state index in [4.69, 9.17) is 5.26 Å². The van der Waals surface area contributed by atoms with Crippen LogP contribution in [0.4, 0.5) is 0 Å². The van der Waals surface area contributed by atoms with Gasteiger partial charge in [0.2, 0.25) is 11.8 Å². The number of hydrogen-bond acceptors (Lipinski definition) is 6. The summed E-state index contributed by atoms with van der Waals surface area (Å²) < 4.78 is 0. The second kappa shape index (κ2) is 8.15. The minimum absolute atomic E-state index is 0.0193. The fraction of sp³-hybridized carbons (Fsp3) is 0.556. The number of carbonyl (C=O) groups is 2. The molecule has 1 aromatic heterocycles. The van der Waals surface area contributed by atoms with Crippen molar-refractivity contribution in [2.75, 3.05) is 32.7 Å². The molecule has 0 bridgehead atoms. The number of pyridine rings is 1. The van der Waals surface area contributed by atoms with E-state index in [0.717, 1.165) is 6.42 Å². The number of carbonyl (C=O) groups excluding carboxylic acids is 2. The number of hydrogen-bond donors (Lipinski definition) is 1. The first kappa shape index (κ1) is 18.1. The zero-order chi connectivity index (χ0) is 18.5. The standard InChI is InChI=1S/C18H23N5O3/c19-6-5-17(25)23-8-2-3-15(23)18(26)22-11-9-21(10-12-22)13-14-16(24)4-1-7-20-14/h1,4,7,15,24H,2-3,5,8-13H2. The highest BCUT2D eigenvalue weighted by atomic mass is 16.3. The topological polar surface area (TPSA) is 101 Å². The summed E-state index contributed by atoms with van der Waals surface area (Å²) in [6.07, 6.45) is 2.94. The van der Waals surface area contributed by atoms with Gasteiger partial charge < -0.3 is 14.9 Å². The van der Waals surface area contributed by atoms with Crippen LogP contribution in [0.1, 0.15) is 25.0 Å². The third-order valence-corrected chi connectivity index (χ3v) is 5.01. The Kier molecular flexibility index (Phi) is 5.68. The van der Waals surface area contributed by atoms with Crippen LogP contribution in [0.25, 0.3) is 0 Å². The van der Waals surface area contributed by atoms with Gasteiger partial charge in [0.15, 0.2) is 0 Å². The summed E-state index contributed by atoms with van der Waals surface area (Å²) in [5.41, 5.74) is 0.636. The van der Waals surface area contributed by atoms with Crippen LogP contribution in [0.2, 0.25) is 0 Å². The number of aromatic hydroxyl groups is 1. The molecule has 1 atom stereocenters. The predicted octanol–water partition coefficient (Wildman–Crippen LogP) is 0.336. The SMILES string of the molecule is N#CCC(=O)N1CCCC1C(=O)N1CCN(Cc2ncccc2O)CC1. The Hall–Kier alpha value is -2.66. The summed E-state index contributed by atoms with van der Waals surface area (Å²) in [7, 11) is 0. The van der Waals surface area contributed by atoms with Crippen molar-refractivity contribution in [3.05, 3.63) is 24.0 Å². The van der Waals surface area contributed by atoms with Crippen molar-refractivity contribution in [2.24, 2.45) is 0 Å². The Morgan fingerprint density at radius 1 is 1.27 bits per heavy atom. The molecule has 3 rings (SSSR count). The molecule has 8 heteroatoms. The normalized spacial score (nSPS) is 20.8. The molecular weight excluding hydrogens is 334 g/mol. The molecule has 138 valence electrons. The molecule has 2 saturated heterocycles. The molecule has 3 heterocycles. The van der Waals surface area contributed by atoms with Crippen molar-refractivity contribution in [3.63, 3.8) is 0 Å². The van der Waals surface area contributed by atoms with Crippen LogP contribution in [-0.4, -0.2) is 75.4 Å². The summed E-state index contributed by atoms with van der Waals surface area (Å²) in [4.78, 5) is 34.5. The molecule has 1 N–H and O–H groups in total. The molecule has 0 aromatic carbocycles. The van der Waals surface area contributed by atoms with Gasteiger partial charge in [-0.2, -0.15) is 5.26 Å². The van der Waals surface area contributed by atoms with Crippen molar-refractivity contribution in [1.29, 1.82) is 5.26 Å². The van der Waals surface area contributed by atoms with E-state index >= 15 is 0 Å². The van der Waals surface area contributed by atoms with E-state index in [1.54, 1.807) is 28.1 Å². The zero-order valence-corrected chi connectivity index (χ0v) is 14.7. The number of nitriles is 1. The van der Waals surface area contributed by atoms with Gasteiger partial charge in [-0.3, -0.25) is 19.5 Å². The molecule has 1 unspecified atom stereocenters. The molecule has 8 nitrogen and oxygen atoms in total.